The summed E-state index contributed by atoms with van der Waals surface area (Å²) in [6, 6.07) is 0. The van der Waals surface area contributed by atoms with Gasteiger partial charge in [-0.3, -0.25) is 14.4 Å². The van der Waals surface area contributed by atoms with E-state index in [1.165, 1.54) is 0 Å². The Morgan fingerprint density at radius 2 is 1.83 bits per heavy atom. The first-order chi connectivity index (χ1) is 8.54. The summed E-state index contributed by atoms with van der Waals surface area (Å²) in [5.41, 5.74) is 0. The number of imide groups is 1. The van der Waals surface area contributed by atoms with Crippen molar-refractivity contribution in [3.05, 3.63) is 0 Å². The first-order valence-corrected chi connectivity index (χ1v) is 6.75. The van der Waals surface area contributed by atoms with E-state index in [0.717, 1.165) is 18.2 Å². The third kappa shape index (κ3) is 4.48. The zero-order chi connectivity index (χ0) is 13.5. The van der Waals surface area contributed by atoms with Gasteiger partial charge in [0.05, 0.1) is 6.42 Å². The molecule has 0 aromatic rings. The van der Waals surface area contributed by atoms with Crippen LogP contribution in [0.5, 0.6) is 0 Å². The van der Waals surface area contributed by atoms with E-state index in [1.54, 1.807) is 0 Å². The second-order valence-corrected chi connectivity index (χ2v) is 4.92. The maximum atomic E-state index is 11.3. The van der Waals surface area contributed by atoms with E-state index in [2.05, 4.69) is 4.84 Å². The van der Waals surface area contributed by atoms with Gasteiger partial charge in [-0.25, -0.2) is 4.79 Å². The zero-order valence-corrected chi connectivity index (χ0v) is 11.0. The molecule has 0 spiro atoms. The van der Waals surface area contributed by atoms with Gasteiger partial charge in [0, 0.05) is 25.0 Å². The number of hydroxylamine groups is 2. The molecule has 0 N–H and O–H groups in total. The zero-order valence-electron chi connectivity index (χ0n) is 10.1. The van der Waals surface area contributed by atoms with Gasteiger partial charge in [0.25, 0.3) is 11.8 Å². The largest absolute Gasteiger partial charge is 0.334 e. The minimum absolute atomic E-state index is 0.00280. The Kier molecular flexibility index (Phi) is 5.84. The normalized spacial score (nSPS) is 15.1. The van der Waals surface area contributed by atoms with Crippen molar-refractivity contribution in [2.45, 2.75) is 39.0 Å². The van der Waals surface area contributed by atoms with Crippen LogP contribution in [0.1, 0.15) is 39.0 Å². The van der Waals surface area contributed by atoms with E-state index in [-0.39, 0.29) is 24.4 Å². The second-order valence-electron chi connectivity index (χ2n) is 3.77. The van der Waals surface area contributed by atoms with Crippen LogP contribution in [0.25, 0.3) is 0 Å². The monoisotopic (exact) mass is 273 g/mol. The molecule has 1 rings (SSSR count). The van der Waals surface area contributed by atoms with Crippen LogP contribution < -0.4 is 0 Å². The summed E-state index contributed by atoms with van der Waals surface area (Å²) < 4.78 is 0. The number of hydrogen-bond acceptors (Lipinski definition) is 6. The van der Waals surface area contributed by atoms with Crippen molar-refractivity contribution in [3.8, 4) is 0 Å². The second kappa shape index (κ2) is 7.15. The fraction of sp³-hybridized carbons (Fsp3) is 0.636. The molecule has 7 heteroatoms. The molecule has 1 heterocycles. The average Bonchev–Trinajstić information content (AvgIpc) is 2.61. The van der Waals surface area contributed by atoms with Gasteiger partial charge in [0.2, 0.25) is 0 Å². The lowest BCUT2D eigenvalue weighted by atomic mass is 10.4. The number of amides is 2. The van der Waals surface area contributed by atoms with Gasteiger partial charge in [0.15, 0.2) is 5.12 Å². The lowest BCUT2D eigenvalue weighted by Gasteiger charge is -2.12. The highest BCUT2D eigenvalue weighted by molar-refractivity contribution is 8.13. The van der Waals surface area contributed by atoms with Gasteiger partial charge in [-0.1, -0.05) is 18.7 Å². The standard InChI is InChI=1S/C11H15NO5S/c1-2-3-11(16)18-7-6-10(15)17-12-8(13)4-5-9(12)14/h2-7H2,1H3. The molecule has 0 aromatic heterocycles. The molecule has 100 valence electrons. The Hall–Kier alpha value is -1.37. The summed E-state index contributed by atoms with van der Waals surface area (Å²) >= 11 is 1.06. The SMILES string of the molecule is CCCC(=O)SCCC(=O)ON1C(=O)CCC1=O. The van der Waals surface area contributed by atoms with Gasteiger partial charge in [-0.2, -0.15) is 0 Å². The highest BCUT2D eigenvalue weighted by atomic mass is 32.2. The van der Waals surface area contributed by atoms with Crippen molar-refractivity contribution >= 4 is 34.7 Å². The van der Waals surface area contributed by atoms with Gasteiger partial charge in [-0.15, -0.1) is 5.06 Å². The summed E-state index contributed by atoms with van der Waals surface area (Å²) in [6.45, 7) is 1.90. The number of nitrogens with zero attached hydrogens (tertiary/aromatic N) is 1. The number of rotatable bonds is 6. The van der Waals surface area contributed by atoms with Crippen molar-refractivity contribution in [2.75, 3.05) is 5.75 Å². The highest BCUT2D eigenvalue weighted by Gasteiger charge is 2.32. The molecule has 1 aliphatic heterocycles. The molecule has 0 aliphatic carbocycles. The molecule has 2 amide bonds. The molecule has 1 aliphatic rings. The predicted octanol–water partition coefficient (Wildman–Crippen LogP) is 1.04. The van der Waals surface area contributed by atoms with Crippen LogP contribution in [-0.2, 0) is 24.0 Å². The van der Waals surface area contributed by atoms with Crippen LogP contribution >= 0.6 is 11.8 Å². The Morgan fingerprint density at radius 3 is 2.39 bits per heavy atom. The fourth-order valence-electron chi connectivity index (χ4n) is 1.33. The maximum Gasteiger partial charge on any atom is 0.334 e. The lowest BCUT2D eigenvalue weighted by molar-refractivity contribution is -0.197. The van der Waals surface area contributed by atoms with Crippen molar-refractivity contribution < 1.29 is 24.0 Å². The van der Waals surface area contributed by atoms with Gasteiger partial charge in [-0.05, 0) is 6.42 Å². The van der Waals surface area contributed by atoms with E-state index in [9.17, 15) is 19.2 Å². The molecular weight excluding hydrogens is 258 g/mol. The van der Waals surface area contributed by atoms with E-state index in [4.69, 9.17) is 0 Å². The van der Waals surface area contributed by atoms with E-state index >= 15 is 0 Å². The van der Waals surface area contributed by atoms with Crippen molar-refractivity contribution in [3.63, 3.8) is 0 Å². The van der Waals surface area contributed by atoms with Crippen LogP contribution in [0, 0.1) is 0 Å². The van der Waals surface area contributed by atoms with Crippen molar-refractivity contribution in [1.29, 1.82) is 0 Å². The number of thioether (sulfide) groups is 1. The Balaban J connectivity index is 2.23. The van der Waals surface area contributed by atoms with E-state index in [1.807, 2.05) is 6.92 Å². The van der Waals surface area contributed by atoms with Gasteiger partial charge in [0.1, 0.15) is 0 Å². The van der Waals surface area contributed by atoms with Crippen molar-refractivity contribution in [1.82, 2.24) is 5.06 Å². The molecule has 0 unspecified atom stereocenters. The smallest absolute Gasteiger partial charge is 0.330 e. The van der Waals surface area contributed by atoms with Crippen LogP contribution in [0.3, 0.4) is 0 Å². The molecule has 0 saturated carbocycles. The molecule has 18 heavy (non-hydrogen) atoms. The summed E-state index contributed by atoms with van der Waals surface area (Å²) in [7, 11) is 0. The van der Waals surface area contributed by atoms with E-state index in [0.29, 0.717) is 17.2 Å². The minimum atomic E-state index is -0.671. The van der Waals surface area contributed by atoms with Crippen LogP contribution in [0.2, 0.25) is 0 Å². The number of carbonyl (C=O) groups is 4. The molecule has 0 atom stereocenters. The van der Waals surface area contributed by atoms with Crippen molar-refractivity contribution in [2.24, 2.45) is 0 Å². The Morgan fingerprint density at radius 1 is 1.22 bits per heavy atom. The molecule has 1 fully saturated rings. The minimum Gasteiger partial charge on any atom is -0.330 e. The van der Waals surface area contributed by atoms with Gasteiger partial charge < -0.3 is 4.84 Å². The first kappa shape index (κ1) is 14.7. The number of carbonyl (C=O) groups excluding carboxylic acids is 4. The predicted molar refractivity (Wildman–Crippen MR) is 64.2 cm³/mol. The highest BCUT2D eigenvalue weighted by Crippen LogP contribution is 2.14. The third-order valence-corrected chi connectivity index (χ3v) is 3.16. The summed E-state index contributed by atoms with van der Waals surface area (Å²) in [4.78, 5) is 49.5. The third-order valence-electron chi connectivity index (χ3n) is 2.22. The van der Waals surface area contributed by atoms with Crippen LogP contribution in [-0.4, -0.2) is 33.7 Å². The first-order valence-electron chi connectivity index (χ1n) is 5.76. The molecule has 0 radical (unpaired) electrons. The van der Waals surface area contributed by atoms with Gasteiger partial charge >= 0.3 is 5.97 Å². The topological polar surface area (TPSA) is 80.8 Å². The summed E-state index contributed by atoms with van der Waals surface area (Å²) in [5, 5.41) is 0.541. The molecule has 1 saturated heterocycles. The van der Waals surface area contributed by atoms with Crippen LogP contribution in [0.15, 0.2) is 0 Å². The molecule has 0 aromatic carbocycles. The summed E-state index contributed by atoms with van der Waals surface area (Å²) in [5.74, 6) is -1.37. The fourth-order valence-corrected chi connectivity index (χ4v) is 2.17. The summed E-state index contributed by atoms with van der Waals surface area (Å²) in [6.07, 6.45) is 1.40. The average molecular weight is 273 g/mol. The maximum absolute atomic E-state index is 11.3. The Bertz CT molecular complexity index is 352. The molecule has 0 bridgehead atoms. The van der Waals surface area contributed by atoms with Crippen LogP contribution in [0.4, 0.5) is 0 Å². The quantitative estimate of drug-likeness (QED) is 0.673. The lowest BCUT2D eigenvalue weighted by Crippen LogP contribution is -2.32. The number of hydrogen-bond donors (Lipinski definition) is 0. The Labute approximate surface area is 109 Å². The van der Waals surface area contributed by atoms with E-state index < -0.39 is 17.8 Å². The molecule has 6 nitrogen and oxygen atoms in total. The molecular formula is C11H15NO5S.